The van der Waals surface area contributed by atoms with E-state index in [1.165, 1.54) is 20.3 Å². The number of benzene rings is 1. The maximum atomic E-state index is 12.8. The van der Waals surface area contributed by atoms with Crippen molar-refractivity contribution in [1.82, 2.24) is 10.0 Å². The van der Waals surface area contributed by atoms with Gasteiger partial charge in [0.1, 0.15) is 16.4 Å². The van der Waals surface area contributed by atoms with E-state index in [0.717, 1.165) is 0 Å². The molecule has 0 spiro atoms. The van der Waals surface area contributed by atoms with Crippen LogP contribution in [0.25, 0.3) is 0 Å². The lowest BCUT2D eigenvalue weighted by molar-refractivity contribution is 0.157. The number of methoxy groups -OCH3 is 2. The lowest BCUT2D eigenvalue weighted by Crippen LogP contribution is -2.62. The van der Waals surface area contributed by atoms with E-state index >= 15 is 0 Å². The molecule has 0 aliphatic carbocycles. The molecule has 1 fully saturated rings. The number of piperidine rings is 1. The fourth-order valence-corrected chi connectivity index (χ4v) is 5.07. The Morgan fingerprint density at radius 3 is 2.17 bits per heavy atom. The van der Waals surface area contributed by atoms with E-state index in [1.54, 1.807) is 12.1 Å². The number of hydrogen-bond donors (Lipinski definition) is 2. The van der Waals surface area contributed by atoms with Gasteiger partial charge in [0, 0.05) is 23.2 Å². The van der Waals surface area contributed by atoms with E-state index < -0.39 is 10.0 Å². The van der Waals surface area contributed by atoms with Crippen LogP contribution in [0.2, 0.25) is 0 Å². The molecule has 136 valence electrons. The second-order valence-electron chi connectivity index (χ2n) is 7.64. The maximum Gasteiger partial charge on any atom is 0.244 e. The molecule has 24 heavy (non-hydrogen) atoms. The highest BCUT2D eigenvalue weighted by Gasteiger charge is 2.39. The van der Waals surface area contributed by atoms with Crippen LogP contribution in [0.4, 0.5) is 0 Å². The Hall–Kier alpha value is -1.31. The normalized spacial score (nSPS) is 20.6. The molecule has 1 heterocycles. The van der Waals surface area contributed by atoms with Crippen molar-refractivity contribution in [2.24, 2.45) is 0 Å². The summed E-state index contributed by atoms with van der Waals surface area (Å²) in [5.74, 6) is 0.823. The standard InChI is InChI=1S/C17H28N2O4S/c1-16(2)10-12(11-17(3,4)19-16)18-24(20,21)15-8-7-13(22-5)9-14(15)23-6/h7-9,12,18-19H,10-11H2,1-6H3. The smallest absolute Gasteiger partial charge is 0.244 e. The minimum Gasteiger partial charge on any atom is -0.497 e. The molecule has 0 atom stereocenters. The van der Waals surface area contributed by atoms with Gasteiger partial charge in [-0.25, -0.2) is 13.1 Å². The average Bonchev–Trinajstić information content (AvgIpc) is 2.42. The van der Waals surface area contributed by atoms with Crippen molar-refractivity contribution < 1.29 is 17.9 Å². The van der Waals surface area contributed by atoms with E-state index in [4.69, 9.17) is 9.47 Å². The van der Waals surface area contributed by atoms with Gasteiger partial charge in [0.15, 0.2) is 0 Å². The molecule has 0 aromatic heterocycles. The SMILES string of the molecule is COc1ccc(S(=O)(=O)NC2CC(C)(C)NC(C)(C)C2)c(OC)c1. The van der Waals surface area contributed by atoms with E-state index in [0.29, 0.717) is 18.6 Å². The zero-order valence-corrected chi connectivity index (χ0v) is 16.1. The highest BCUT2D eigenvalue weighted by atomic mass is 32.2. The molecule has 1 aliphatic heterocycles. The van der Waals surface area contributed by atoms with Gasteiger partial charge in [-0.05, 0) is 52.7 Å². The second-order valence-corrected chi connectivity index (χ2v) is 9.32. The maximum absolute atomic E-state index is 12.8. The number of hydrogen-bond acceptors (Lipinski definition) is 5. The van der Waals surface area contributed by atoms with E-state index in [9.17, 15) is 8.42 Å². The molecule has 0 saturated carbocycles. The predicted molar refractivity (Wildman–Crippen MR) is 94.2 cm³/mol. The first-order valence-electron chi connectivity index (χ1n) is 8.02. The van der Waals surface area contributed by atoms with Crippen molar-refractivity contribution in [3.63, 3.8) is 0 Å². The molecule has 0 unspecified atom stereocenters. The number of sulfonamides is 1. The van der Waals surface area contributed by atoms with Crippen molar-refractivity contribution in [2.75, 3.05) is 14.2 Å². The van der Waals surface area contributed by atoms with Crippen LogP contribution in [0.3, 0.4) is 0 Å². The first kappa shape index (κ1) is 19.0. The third kappa shape index (κ3) is 4.40. The summed E-state index contributed by atoms with van der Waals surface area (Å²) in [5.41, 5.74) is -0.280. The summed E-state index contributed by atoms with van der Waals surface area (Å²) in [5, 5.41) is 3.55. The zero-order chi connectivity index (χ0) is 18.2. The van der Waals surface area contributed by atoms with Crippen LogP contribution in [0.15, 0.2) is 23.1 Å². The second kappa shape index (κ2) is 6.54. The summed E-state index contributed by atoms with van der Waals surface area (Å²) in [6.45, 7) is 8.35. The molecule has 2 N–H and O–H groups in total. The van der Waals surface area contributed by atoms with Crippen molar-refractivity contribution in [3.8, 4) is 11.5 Å². The first-order chi connectivity index (χ1) is 11.0. The van der Waals surface area contributed by atoms with Crippen LogP contribution in [-0.2, 0) is 10.0 Å². The van der Waals surface area contributed by atoms with Gasteiger partial charge in [-0.2, -0.15) is 0 Å². The molecular weight excluding hydrogens is 328 g/mol. The fourth-order valence-electron chi connectivity index (χ4n) is 3.69. The molecule has 2 rings (SSSR count). The molecule has 1 aliphatic rings. The minimum absolute atomic E-state index is 0.125. The molecule has 1 aromatic rings. The Kier molecular flexibility index (Phi) is 5.18. The third-order valence-corrected chi connectivity index (χ3v) is 5.73. The van der Waals surface area contributed by atoms with E-state index in [2.05, 4.69) is 37.7 Å². The number of rotatable bonds is 5. The Labute approximate surface area is 145 Å². The van der Waals surface area contributed by atoms with Crippen molar-refractivity contribution in [1.29, 1.82) is 0 Å². The van der Waals surface area contributed by atoms with Gasteiger partial charge in [-0.3, -0.25) is 0 Å². The molecule has 7 heteroatoms. The van der Waals surface area contributed by atoms with Gasteiger partial charge < -0.3 is 14.8 Å². The van der Waals surface area contributed by atoms with Crippen LogP contribution >= 0.6 is 0 Å². The van der Waals surface area contributed by atoms with Gasteiger partial charge in [0.25, 0.3) is 0 Å². The molecular formula is C17H28N2O4S. The Morgan fingerprint density at radius 1 is 1.08 bits per heavy atom. The lowest BCUT2D eigenvalue weighted by atomic mass is 9.80. The van der Waals surface area contributed by atoms with Crippen molar-refractivity contribution in [3.05, 3.63) is 18.2 Å². The van der Waals surface area contributed by atoms with Crippen molar-refractivity contribution in [2.45, 2.75) is 62.6 Å². The zero-order valence-electron chi connectivity index (χ0n) is 15.3. The Morgan fingerprint density at radius 2 is 1.67 bits per heavy atom. The average molecular weight is 356 g/mol. The molecule has 0 amide bonds. The summed E-state index contributed by atoms with van der Waals surface area (Å²) in [7, 11) is -0.709. The monoisotopic (exact) mass is 356 g/mol. The summed E-state index contributed by atoms with van der Waals surface area (Å²) in [6, 6.07) is 4.56. The topological polar surface area (TPSA) is 76.7 Å². The molecule has 1 saturated heterocycles. The Balaban J connectivity index is 2.28. The summed E-state index contributed by atoms with van der Waals surface area (Å²) < 4.78 is 38.9. The van der Waals surface area contributed by atoms with Gasteiger partial charge >= 0.3 is 0 Å². The van der Waals surface area contributed by atoms with Crippen LogP contribution in [0, 0.1) is 0 Å². The molecule has 1 aromatic carbocycles. The first-order valence-corrected chi connectivity index (χ1v) is 9.50. The van der Waals surface area contributed by atoms with Crippen LogP contribution in [-0.4, -0.2) is 39.8 Å². The van der Waals surface area contributed by atoms with Gasteiger partial charge in [0.2, 0.25) is 10.0 Å². The predicted octanol–water partition coefficient (Wildman–Crippen LogP) is 2.29. The summed E-state index contributed by atoms with van der Waals surface area (Å²) >= 11 is 0. The molecule has 0 bridgehead atoms. The summed E-state index contributed by atoms with van der Waals surface area (Å²) in [4.78, 5) is 0.125. The Bertz CT molecular complexity index is 683. The van der Waals surface area contributed by atoms with Crippen LogP contribution < -0.4 is 19.5 Å². The highest BCUT2D eigenvalue weighted by Crippen LogP contribution is 2.32. The largest absolute Gasteiger partial charge is 0.497 e. The fraction of sp³-hybridized carbons (Fsp3) is 0.647. The molecule has 0 radical (unpaired) electrons. The van der Waals surface area contributed by atoms with Crippen LogP contribution in [0.5, 0.6) is 11.5 Å². The van der Waals surface area contributed by atoms with Gasteiger partial charge in [0.05, 0.1) is 14.2 Å². The minimum atomic E-state index is -3.69. The van der Waals surface area contributed by atoms with Gasteiger partial charge in [-0.1, -0.05) is 0 Å². The third-order valence-electron chi connectivity index (χ3n) is 4.17. The number of nitrogens with one attached hydrogen (secondary N) is 2. The van der Waals surface area contributed by atoms with Gasteiger partial charge in [-0.15, -0.1) is 0 Å². The van der Waals surface area contributed by atoms with Crippen LogP contribution in [0.1, 0.15) is 40.5 Å². The van der Waals surface area contributed by atoms with E-state index in [-0.39, 0.29) is 27.8 Å². The lowest BCUT2D eigenvalue weighted by Gasteiger charge is -2.46. The quantitative estimate of drug-likeness (QED) is 0.846. The highest BCUT2D eigenvalue weighted by molar-refractivity contribution is 7.89. The summed E-state index contributed by atoms with van der Waals surface area (Å²) in [6.07, 6.45) is 1.43. The van der Waals surface area contributed by atoms with E-state index in [1.807, 2.05) is 0 Å². The van der Waals surface area contributed by atoms with Crippen molar-refractivity contribution >= 4 is 10.0 Å². The molecule has 6 nitrogen and oxygen atoms in total. The number of ether oxygens (including phenoxy) is 2.